The molecule has 2 aromatic carbocycles. The summed E-state index contributed by atoms with van der Waals surface area (Å²) >= 11 is 0. The lowest BCUT2D eigenvalue weighted by Crippen LogP contribution is -2.17. The highest BCUT2D eigenvalue weighted by Crippen LogP contribution is 2.33. The van der Waals surface area contributed by atoms with Crippen molar-refractivity contribution < 1.29 is 29.4 Å². The van der Waals surface area contributed by atoms with Gasteiger partial charge in [-0.05, 0) is 18.2 Å². The Hall–Kier alpha value is -3.82. The van der Waals surface area contributed by atoms with E-state index in [2.05, 4.69) is 10.5 Å². The van der Waals surface area contributed by atoms with E-state index in [-0.39, 0.29) is 17.9 Å². The Morgan fingerprint density at radius 1 is 1.20 bits per heavy atom. The predicted octanol–water partition coefficient (Wildman–Crippen LogP) is 1.50. The number of benzene rings is 2. The highest BCUT2D eigenvalue weighted by Gasteiger charge is 2.17. The highest BCUT2D eigenvalue weighted by molar-refractivity contribution is 5.96. The SMILES string of the molecule is O=C(N/N=C\c1cc([N+](=O)[O-])c(O)cc1O)c1ccc2c(c1)OCO2. The Bertz CT molecular complexity index is 895. The molecule has 3 N–H and O–H groups in total. The van der Waals surface area contributed by atoms with Gasteiger partial charge in [-0.1, -0.05) is 0 Å². The normalized spacial score (nSPS) is 12.3. The fourth-order valence-electron chi connectivity index (χ4n) is 2.09. The van der Waals surface area contributed by atoms with Gasteiger partial charge in [-0.3, -0.25) is 14.9 Å². The molecule has 0 aliphatic carbocycles. The molecule has 0 radical (unpaired) electrons. The number of phenols is 2. The first-order valence-corrected chi connectivity index (χ1v) is 6.89. The second kappa shape index (κ2) is 6.35. The Balaban J connectivity index is 1.74. The molecule has 0 aromatic heterocycles. The quantitative estimate of drug-likeness (QED) is 0.433. The van der Waals surface area contributed by atoms with Crippen molar-refractivity contribution in [1.29, 1.82) is 0 Å². The van der Waals surface area contributed by atoms with Gasteiger partial charge in [0.25, 0.3) is 5.91 Å². The zero-order chi connectivity index (χ0) is 18.0. The van der Waals surface area contributed by atoms with Crippen LogP contribution in [0.5, 0.6) is 23.0 Å². The number of amides is 1. The molecule has 0 saturated heterocycles. The minimum atomic E-state index is -0.808. The third kappa shape index (κ3) is 3.27. The molecule has 0 atom stereocenters. The monoisotopic (exact) mass is 345 g/mol. The van der Waals surface area contributed by atoms with Crippen LogP contribution in [0.1, 0.15) is 15.9 Å². The van der Waals surface area contributed by atoms with Crippen LogP contribution < -0.4 is 14.9 Å². The number of phenolic OH excluding ortho intramolecular Hbond substituents is 2. The largest absolute Gasteiger partial charge is 0.507 e. The average Bonchev–Trinajstić information content (AvgIpc) is 3.03. The summed E-state index contributed by atoms with van der Waals surface area (Å²) in [5.41, 5.74) is 1.84. The molecular formula is C15H11N3O7. The van der Waals surface area contributed by atoms with Gasteiger partial charge in [0.05, 0.1) is 11.1 Å². The molecule has 10 heteroatoms. The number of fused-ring (bicyclic) bond motifs is 1. The number of aromatic hydroxyl groups is 2. The number of nitrogens with one attached hydrogen (secondary N) is 1. The number of carbonyl (C=O) groups is 1. The van der Waals surface area contributed by atoms with E-state index in [1.807, 2.05) is 0 Å². The summed E-state index contributed by atoms with van der Waals surface area (Å²) in [5, 5.41) is 33.5. The van der Waals surface area contributed by atoms with Crippen molar-refractivity contribution in [2.75, 3.05) is 6.79 Å². The second-order valence-electron chi connectivity index (χ2n) is 4.92. The topological polar surface area (TPSA) is 144 Å². The molecule has 0 unspecified atom stereocenters. The molecule has 2 aromatic rings. The number of hydrogen-bond acceptors (Lipinski definition) is 8. The van der Waals surface area contributed by atoms with Crippen molar-refractivity contribution >= 4 is 17.8 Å². The van der Waals surface area contributed by atoms with Gasteiger partial charge in [-0.25, -0.2) is 5.43 Å². The lowest BCUT2D eigenvalue weighted by Gasteiger charge is -2.03. The van der Waals surface area contributed by atoms with Crippen LogP contribution in [0.2, 0.25) is 0 Å². The van der Waals surface area contributed by atoms with Gasteiger partial charge in [0, 0.05) is 23.3 Å². The minimum Gasteiger partial charge on any atom is -0.507 e. The molecule has 1 heterocycles. The van der Waals surface area contributed by atoms with Crippen molar-refractivity contribution in [2.24, 2.45) is 5.10 Å². The van der Waals surface area contributed by atoms with E-state index >= 15 is 0 Å². The number of nitro groups is 1. The molecule has 1 amide bonds. The van der Waals surface area contributed by atoms with Crippen LogP contribution in [0.15, 0.2) is 35.4 Å². The molecule has 0 fully saturated rings. The van der Waals surface area contributed by atoms with Gasteiger partial charge in [0.1, 0.15) is 5.75 Å². The Morgan fingerprint density at radius 3 is 2.72 bits per heavy atom. The van der Waals surface area contributed by atoms with Gasteiger partial charge < -0.3 is 19.7 Å². The van der Waals surface area contributed by atoms with E-state index in [1.165, 1.54) is 12.1 Å². The average molecular weight is 345 g/mol. The number of hydrogen-bond donors (Lipinski definition) is 3. The summed E-state index contributed by atoms with van der Waals surface area (Å²) in [6.07, 6.45) is 1.02. The summed E-state index contributed by atoms with van der Waals surface area (Å²) in [4.78, 5) is 22.0. The van der Waals surface area contributed by atoms with Crippen LogP contribution in [0.25, 0.3) is 0 Å². The number of ether oxygens (including phenoxy) is 2. The van der Waals surface area contributed by atoms with Crippen LogP contribution in [-0.2, 0) is 0 Å². The lowest BCUT2D eigenvalue weighted by molar-refractivity contribution is -0.385. The van der Waals surface area contributed by atoms with Crippen LogP contribution in [0, 0.1) is 10.1 Å². The maximum absolute atomic E-state index is 12.0. The summed E-state index contributed by atoms with van der Waals surface area (Å²) < 4.78 is 10.3. The summed E-state index contributed by atoms with van der Waals surface area (Å²) in [7, 11) is 0. The van der Waals surface area contributed by atoms with E-state index in [1.54, 1.807) is 6.07 Å². The van der Waals surface area contributed by atoms with Crippen molar-refractivity contribution in [3.63, 3.8) is 0 Å². The smallest absolute Gasteiger partial charge is 0.311 e. The van der Waals surface area contributed by atoms with E-state index in [4.69, 9.17) is 9.47 Å². The van der Waals surface area contributed by atoms with E-state index in [0.717, 1.165) is 18.3 Å². The summed E-state index contributed by atoms with van der Waals surface area (Å²) in [6.45, 7) is 0.0808. The number of rotatable bonds is 4. The lowest BCUT2D eigenvalue weighted by atomic mass is 10.2. The first-order chi connectivity index (χ1) is 12.0. The van der Waals surface area contributed by atoms with Gasteiger partial charge in [-0.15, -0.1) is 0 Å². The van der Waals surface area contributed by atoms with Crippen LogP contribution >= 0.6 is 0 Å². The third-order valence-corrected chi connectivity index (χ3v) is 3.33. The standard InChI is InChI=1S/C15H11N3O7/c19-11-5-12(20)10(18(22)23)3-9(11)6-16-17-15(21)8-1-2-13-14(4-8)25-7-24-13/h1-6,19-20H,7H2,(H,17,21)/b16-6-. The molecule has 10 nitrogen and oxygen atoms in total. The van der Waals surface area contributed by atoms with Crippen molar-refractivity contribution in [3.05, 3.63) is 51.6 Å². The van der Waals surface area contributed by atoms with Crippen LogP contribution in [0.4, 0.5) is 5.69 Å². The van der Waals surface area contributed by atoms with Crippen LogP contribution in [0.3, 0.4) is 0 Å². The zero-order valence-corrected chi connectivity index (χ0v) is 12.5. The molecule has 1 aliphatic rings. The molecule has 128 valence electrons. The summed E-state index contributed by atoms with van der Waals surface area (Å²) in [6, 6.07) is 6.33. The van der Waals surface area contributed by atoms with Crippen molar-refractivity contribution in [1.82, 2.24) is 5.43 Å². The van der Waals surface area contributed by atoms with Gasteiger partial charge in [0.15, 0.2) is 17.2 Å². The highest BCUT2D eigenvalue weighted by atomic mass is 16.7. The summed E-state index contributed by atoms with van der Waals surface area (Å²) in [5.74, 6) is -0.694. The van der Waals surface area contributed by atoms with Crippen LogP contribution in [-0.4, -0.2) is 34.1 Å². The van der Waals surface area contributed by atoms with E-state index in [9.17, 15) is 25.1 Å². The molecule has 0 saturated carbocycles. The Kier molecular flexibility index (Phi) is 4.08. The number of nitro benzene ring substituents is 1. The Morgan fingerprint density at radius 2 is 1.96 bits per heavy atom. The van der Waals surface area contributed by atoms with E-state index < -0.39 is 28.0 Å². The fraction of sp³-hybridized carbons (Fsp3) is 0.0667. The first kappa shape index (κ1) is 16.1. The first-order valence-electron chi connectivity index (χ1n) is 6.89. The number of hydrazone groups is 1. The van der Waals surface area contributed by atoms with E-state index in [0.29, 0.717) is 11.5 Å². The second-order valence-corrected chi connectivity index (χ2v) is 4.92. The minimum absolute atomic E-state index is 0.0458. The number of nitrogens with zero attached hydrogens (tertiary/aromatic N) is 2. The molecule has 0 bridgehead atoms. The van der Waals surface area contributed by atoms with Crippen molar-refractivity contribution in [2.45, 2.75) is 0 Å². The molecule has 25 heavy (non-hydrogen) atoms. The Labute approximate surface area is 140 Å². The zero-order valence-electron chi connectivity index (χ0n) is 12.5. The maximum Gasteiger partial charge on any atom is 0.311 e. The molecule has 0 spiro atoms. The number of carbonyl (C=O) groups excluding carboxylic acids is 1. The van der Waals surface area contributed by atoms with Gasteiger partial charge in [0.2, 0.25) is 6.79 Å². The molecular weight excluding hydrogens is 334 g/mol. The molecule has 3 rings (SSSR count). The maximum atomic E-state index is 12.0. The third-order valence-electron chi connectivity index (χ3n) is 3.33. The fourth-order valence-corrected chi connectivity index (χ4v) is 2.09. The van der Waals surface area contributed by atoms with Crippen molar-refractivity contribution in [3.8, 4) is 23.0 Å². The predicted molar refractivity (Wildman–Crippen MR) is 84.1 cm³/mol. The molecule has 1 aliphatic heterocycles. The van der Waals surface area contributed by atoms with Gasteiger partial charge >= 0.3 is 5.69 Å². The van der Waals surface area contributed by atoms with Gasteiger partial charge in [-0.2, -0.15) is 5.10 Å².